The zero-order chi connectivity index (χ0) is 21.7. The van der Waals surface area contributed by atoms with Gasteiger partial charge in [0.25, 0.3) is 0 Å². The van der Waals surface area contributed by atoms with E-state index in [0.717, 1.165) is 39.3 Å². The van der Waals surface area contributed by atoms with Crippen molar-refractivity contribution in [3.05, 3.63) is 0 Å². The molecular formula is C19H40N8O3. The first-order chi connectivity index (χ1) is 14.4. The Labute approximate surface area is 179 Å². The molecule has 0 aromatic heterocycles. The van der Waals surface area contributed by atoms with Crippen molar-refractivity contribution in [2.75, 3.05) is 78.5 Å². The van der Waals surface area contributed by atoms with Gasteiger partial charge in [0.2, 0.25) is 5.91 Å². The van der Waals surface area contributed by atoms with Gasteiger partial charge in [0, 0.05) is 91.4 Å². The number of carbonyl (C=O) groups is 2. The van der Waals surface area contributed by atoms with Crippen LogP contribution in [0, 0.1) is 0 Å². The maximum Gasteiger partial charge on any atom is 0.303 e. The monoisotopic (exact) mass is 428 g/mol. The first-order valence-electron chi connectivity index (χ1n) is 11.0. The Bertz CT molecular complexity index is 490. The minimum Gasteiger partial charge on any atom is -0.481 e. The van der Waals surface area contributed by atoms with Crippen molar-refractivity contribution in [2.45, 2.75) is 30.3 Å². The van der Waals surface area contributed by atoms with Crippen LogP contribution in [0.2, 0.25) is 0 Å². The summed E-state index contributed by atoms with van der Waals surface area (Å²) in [5.41, 5.74) is 5.74. The molecule has 174 valence electrons. The fraction of sp³-hybridized carbons (Fsp3) is 0.895. The van der Waals surface area contributed by atoms with Crippen molar-refractivity contribution in [1.29, 1.82) is 0 Å². The fourth-order valence-electron chi connectivity index (χ4n) is 3.79. The highest BCUT2D eigenvalue weighted by atomic mass is 16.4. The molecule has 0 radical (unpaired) electrons. The molecule has 0 spiro atoms. The molecule has 0 saturated carbocycles. The second-order valence-electron chi connectivity index (χ2n) is 8.50. The molecule has 1 amide bonds. The van der Waals surface area contributed by atoms with E-state index in [1.54, 1.807) is 0 Å². The molecular weight excluding hydrogens is 388 g/mol. The highest BCUT2D eigenvalue weighted by Crippen LogP contribution is 2.05. The maximum absolute atomic E-state index is 12.6. The van der Waals surface area contributed by atoms with Gasteiger partial charge in [-0.1, -0.05) is 0 Å². The number of nitrogens with two attached hydrogens (primary N) is 1. The third-order valence-electron chi connectivity index (χ3n) is 5.46. The molecule has 2 bridgehead atoms. The summed E-state index contributed by atoms with van der Waals surface area (Å²) >= 11 is 0. The van der Waals surface area contributed by atoms with Gasteiger partial charge in [-0.3, -0.25) is 9.59 Å². The van der Waals surface area contributed by atoms with E-state index in [-0.39, 0.29) is 24.3 Å². The lowest BCUT2D eigenvalue weighted by molar-refractivity contribution is -0.137. The summed E-state index contributed by atoms with van der Waals surface area (Å²) in [6.07, 6.45) is 0.544. The zero-order valence-electron chi connectivity index (χ0n) is 17.9. The first kappa shape index (κ1) is 24.9. The number of amides is 1. The van der Waals surface area contributed by atoms with Crippen molar-refractivity contribution in [1.82, 2.24) is 37.2 Å². The van der Waals surface area contributed by atoms with Crippen molar-refractivity contribution < 1.29 is 14.7 Å². The van der Waals surface area contributed by atoms with E-state index in [4.69, 9.17) is 10.8 Å². The molecule has 3 aliphatic rings. The van der Waals surface area contributed by atoms with Crippen LogP contribution in [0.1, 0.15) is 19.3 Å². The number of carboxylic acid groups (broad SMARTS) is 1. The molecule has 11 nitrogen and oxygen atoms in total. The third-order valence-corrected chi connectivity index (χ3v) is 5.46. The number of carboxylic acids is 1. The SMILES string of the molecule is N[C@]12CNCCNC[C@](NC(=O)CCCC(=O)O)(CNCCNC1)CNCCNC2. The van der Waals surface area contributed by atoms with Gasteiger partial charge in [0.05, 0.1) is 11.1 Å². The molecule has 0 aromatic carbocycles. The Balaban J connectivity index is 2.07. The van der Waals surface area contributed by atoms with E-state index in [1.165, 1.54) is 0 Å². The highest BCUT2D eigenvalue weighted by molar-refractivity contribution is 5.77. The minimum atomic E-state index is -0.879. The Morgan fingerprint density at radius 1 is 0.733 bits per heavy atom. The van der Waals surface area contributed by atoms with Gasteiger partial charge in [-0.15, -0.1) is 0 Å². The third kappa shape index (κ3) is 9.65. The van der Waals surface area contributed by atoms with Gasteiger partial charge >= 0.3 is 5.97 Å². The second-order valence-corrected chi connectivity index (χ2v) is 8.50. The number of rotatable bonds is 5. The van der Waals surface area contributed by atoms with Crippen LogP contribution in [0.4, 0.5) is 0 Å². The van der Waals surface area contributed by atoms with E-state index < -0.39 is 11.5 Å². The fourth-order valence-corrected chi connectivity index (χ4v) is 3.79. The summed E-state index contributed by atoms with van der Waals surface area (Å²) in [7, 11) is 0. The average molecular weight is 429 g/mol. The number of hydrogen-bond acceptors (Lipinski definition) is 9. The summed E-state index contributed by atoms with van der Waals surface area (Å²) in [5.74, 6) is -0.998. The number of fused-ring (bicyclic) bond motifs is 15. The van der Waals surface area contributed by atoms with Crippen LogP contribution in [0.5, 0.6) is 0 Å². The number of carbonyl (C=O) groups excluding carboxylic acids is 1. The molecule has 11 heteroatoms. The van der Waals surface area contributed by atoms with E-state index in [9.17, 15) is 9.59 Å². The molecule has 3 fully saturated rings. The van der Waals surface area contributed by atoms with E-state index in [2.05, 4.69) is 37.2 Å². The molecule has 10 N–H and O–H groups in total. The van der Waals surface area contributed by atoms with Crippen LogP contribution in [-0.2, 0) is 9.59 Å². The van der Waals surface area contributed by atoms with Crippen LogP contribution < -0.4 is 43.0 Å². The topological polar surface area (TPSA) is 165 Å². The van der Waals surface area contributed by atoms with Gasteiger partial charge in [0.1, 0.15) is 0 Å². The van der Waals surface area contributed by atoms with Crippen LogP contribution in [0.25, 0.3) is 0 Å². The van der Waals surface area contributed by atoms with Gasteiger partial charge in [-0.25, -0.2) is 0 Å². The predicted molar refractivity (Wildman–Crippen MR) is 116 cm³/mol. The van der Waals surface area contributed by atoms with E-state index in [1.807, 2.05) is 0 Å². The molecule has 0 unspecified atom stereocenters. The van der Waals surface area contributed by atoms with Crippen LogP contribution in [0.15, 0.2) is 0 Å². The lowest BCUT2D eigenvalue weighted by Gasteiger charge is -2.37. The highest BCUT2D eigenvalue weighted by Gasteiger charge is 2.32. The van der Waals surface area contributed by atoms with Crippen LogP contribution in [0.3, 0.4) is 0 Å². The van der Waals surface area contributed by atoms with Gasteiger partial charge in [0.15, 0.2) is 0 Å². The van der Waals surface area contributed by atoms with E-state index in [0.29, 0.717) is 45.7 Å². The first-order valence-corrected chi connectivity index (χ1v) is 11.0. The summed E-state index contributed by atoms with van der Waals surface area (Å²) in [6, 6.07) is 0. The predicted octanol–water partition coefficient (Wildman–Crippen LogP) is -3.64. The Morgan fingerprint density at radius 3 is 1.53 bits per heavy atom. The molecule has 3 saturated heterocycles. The number of hydrogen-bond donors (Lipinski definition) is 9. The molecule has 3 aliphatic heterocycles. The van der Waals surface area contributed by atoms with Crippen LogP contribution >= 0.6 is 0 Å². The standard InChI is InChI=1S/C19H40N8O3/c20-18-10-21-4-7-24-13-19(14-25-8-5-22-11-18,15-26-9-6-23-12-18)27-16(28)2-1-3-17(29)30/h21-26H,1-15,20H2,(H,27,28)(H,29,30)/t18-,19+. The molecule has 3 rings (SSSR count). The molecule has 3 heterocycles. The second kappa shape index (κ2) is 13.2. The Hall–Kier alpha value is -1.34. The minimum absolute atomic E-state index is 0.000806. The normalized spacial score (nSPS) is 30.2. The lowest BCUT2D eigenvalue weighted by atomic mass is 9.97. The summed E-state index contributed by atoms with van der Waals surface area (Å²) in [5, 5.41) is 32.7. The van der Waals surface area contributed by atoms with Gasteiger partial charge in [-0.05, 0) is 6.42 Å². The molecule has 0 aliphatic carbocycles. The zero-order valence-corrected chi connectivity index (χ0v) is 17.9. The lowest BCUT2D eigenvalue weighted by Crippen LogP contribution is -2.67. The summed E-state index contributed by atoms with van der Waals surface area (Å²) in [4.78, 5) is 23.3. The van der Waals surface area contributed by atoms with Crippen molar-refractivity contribution in [3.8, 4) is 0 Å². The summed E-state index contributed by atoms with van der Waals surface area (Å²) < 4.78 is 0. The van der Waals surface area contributed by atoms with Crippen LogP contribution in [-0.4, -0.2) is 107 Å². The number of aliphatic carboxylic acids is 1. The largest absolute Gasteiger partial charge is 0.481 e. The number of nitrogens with one attached hydrogen (secondary N) is 7. The van der Waals surface area contributed by atoms with Crippen molar-refractivity contribution in [3.63, 3.8) is 0 Å². The quantitative estimate of drug-likeness (QED) is 0.213. The van der Waals surface area contributed by atoms with Gasteiger partial charge < -0.3 is 48.1 Å². The Kier molecular flexibility index (Phi) is 10.9. The molecule has 0 aromatic rings. The smallest absolute Gasteiger partial charge is 0.303 e. The average Bonchev–Trinajstić information content (AvgIpc) is 2.69. The van der Waals surface area contributed by atoms with E-state index >= 15 is 0 Å². The summed E-state index contributed by atoms with van der Waals surface area (Å²) in [6.45, 7) is 8.56. The van der Waals surface area contributed by atoms with Crippen molar-refractivity contribution >= 4 is 11.9 Å². The molecule has 30 heavy (non-hydrogen) atoms. The Morgan fingerprint density at radius 2 is 1.13 bits per heavy atom. The maximum atomic E-state index is 12.6. The van der Waals surface area contributed by atoms with Gasteiger partial charge in [-0.2, -0.15) is 0 Å². The molecule has 0 atom stereocenters. The van der Waals surface area contributed by atoms with Crippen molar-refractivity contribution in [2.24, 2.45) is 5.73 Å².